The minimum absolute atomic E-state index is 0.160. The first kappa shape index (κ1) is 17.9. The van der Waals surface area contributed by atoms with Gasteiger partial charge in [0.1, 0.15) is 12.4 Å². The van der Waals surface area contributed by atoms with Crippen LogP contribution in [0.5, 0.6) is 5.75 Å². The van der Waals surface area contributed by atoms with E-state index in [9.17, 15) is 4.79 Å². The number of urea groups is 1. The lowest BCUT2D eigenvalue weighted by Gasteiger charge is -2.14. The molecule has 128 valence electrons. The molecule has 0 heterocycles. The summed E-state index contributed by atoms with van der Waals surface area (Å²) in [7, 11) is 0. The Balaban J connectivity index is 1.65. The van der Waals surface area contributed by atoms with Crippen molar-refractivity contribution in [2.45, 2.75) is 27.2 Å². The highest BCUT2D eigenvalue weighted by Gasteiger charge is 2.06. The maximum absolute atomic E-state index is 11.8. The van der Waals surface area contributed by atoms with E-state index in [1.54, 1.807) is 0 Å². The summed E-state index contributed by atoms with van der Waals surface area (Å²) in [5.74, 6) is 0.918. The summed E-state index contributed by atoms with van der Waals surface area (Å²) in [4.78, 5) is 11.8. The summed E-state index contributed by atoms with van der Waals surface area (Å²) in [6.45, 7) is 7.71. The van der Waals surface area contributed by atoms with Crippen molar-refractivity contribution in [2.75, 3.05) is 19.7 Å². The molecule has 0 saturated carbocycles. The van der Waals surface area contributed by atoms with Crippen LogP contribution in [0.2, 0.25) is 0 Å². The zero-order valence-electron chi connectivity index (χ0n) is 14.7. The smallest absolute Gasteiger partial charge is 0.314 e. The van der Waals surface area contributed by atoms with Crippen LogP contribution in [0.25, 0.3) is 0 Å². The molecule has 0 unspecified atom stereocenters. The zero-order chi connectivity index (χ0) is 17.4. The van der Waals surface area contributed by atoms with Gasteiger partial charge in [-0.3, -0.25) is 0 Å². The summed E-state index contributed by atoms with van der Waals surface area (Å²) in [5, 5.41) is 5.67. The number of hydrogen-bond donors (Lipinski definition) is 2. The molecule has 4 heteroatoms. The summed E-state index contributed by atoms with van der Waals surface area (Å²) in [6.07, 6.45) is 0.826. The van der Waals surface area contributed by atoms with Crippen molar-refractivity contribution in [1.29, 1.82) is 0 Å². The Morgan fingerprint density at radius 1 is 0.917 bits per heavy atom. The Morgan fingerprint density at radius 2 is 1.58 bits per heavy atom. The van der Waals surface area contributed by atoms with Gasteiger partial charge < -0.3 is 15.4 Å². The molecule has 2 rings (SSSR count). The van der Waals surface area contributed by atoms with Crippen LogP contribution >= 0.6 is 0 Å². The molecule has 0 fully saturated rings. The molecule has 0 radical (unpaired) electrons. The highest BCUT2D eigenvalue weighted by atomic mass is 16.5. The molecule has 24 heavy (non-hydrogen) atoms. The number of nitrogens with one attached hydrogen (secondary N) is 2. The van der Waals surface area contributed by atoms with Gasteiger partial charge in [-0.25, -0.2) is 4.79 Å². The topological polar surface area (TPSA) is 50.4 Å². The molecule has 0 saturated heterocycles. The van der Waals surface area contributed by atoms with Gasteiger partial charge in [0.05, 0.1) is 6.54 Å². The van der Waals surface area contributed by atoms with Crippen LogP contribution < -0.4 is 15.4 Å². The van der Waals surface area contributed by atoms with Gasteiger partial charge in [0.15, 0.2) is 0 Å². The van der Waals surface area contributed by atoms with Gasteiger partial charge in [-0.2, -0.15) is 0 Å². The number of hydrogen-bond acceptors (Lipinski definition) is 2. The van der Waals surface area contributed by atoms with Crippen LogP contribution in [-0.2, 0) is 6.42 Å². The number of rotatable bonds is 7. The first-order chi connectivity index (χ1) is 11.6. The van der Waals surface area contributed by atoms with E-state index in [0.29, 0.717) is 19.7 Å². The van der Waals surface area contributed by atoms with Crippen molar-refractivity contribution in [3.63, 3.8) is 0 Å². The fourth-order valence-electron chi connectivity index (χ4n) is 2.49. The number of amides is 2. The third-order valence-electron chi connectivity index (χ3n) is 4.05. The number of benzene rings is 2. The number of ether oxygens (including phenoxy) is 1. The standard InChI is InChI=1S/C20H26N2O2/c1-15-9-10-16(2)19(17(15)3)24-14-13-22-20(23)21-12-11-18-7-5-4-6-8-18/h4-10H,11-14H2,1-3H3,(H2,21,22,23). The second-order valence-corrected chi connectivity index (χ2v) is 5.92. The van der Waals surface area contributed by atoms with Gasteiger partial charge in [0, 0.05) is 6.54 Å². The third kappa shape index (κ3) is 5.30. The van der Waals surface area contributed by atoms with E-state index in [4.69, 9.17) is 4.74 Å². The van der Waals surface area contributed by atoms with E-state index in [2.05, 4.69) is 48.7 Å². The lowest BCUT2D eigenvalue weighted by atomic mass is 10.1. The number of carbonyl (C=O) groups is 1. The normalized spacial score (nSPS) is 10.3. The van der Waals surface area contributed by atoms with Crippen LogP contribution in [0.1, 0.15) is 22.3 Å². The lowest BCUT2D eigenvalue weighted by molar-refractivity contribution is 0.236. The van der Waals surface area contributed by atoms with Crippen molar-refractivity contribution in [3.8, 4) is 5.75 Å². The van der Waals surface area contributed by atoms with Gasteiger partial charge in [0.25, 0.3) is 0 Å². The summed E-state index contributed by atoms with van der Waals surface area (Å²) < 4.78 is 5.83. The molecule has 2 N–H and O–H groups in total. The lowest BCUT2D eigenvalue weighted by Crippen LogP contribution is -2.38. The first-order valence-corrected chi connectivity index (χ1v) is 8.33. The predicted molar refractivity (Wildman–Crippen MR) is 97.7 cm³/mol. The van der Waals surface area contributed by atoms with E-state index in [1.165, 1.54) is 11.1 Å². The molecule has 0 bridgehead atoms. The number of carbonyl (C=O) groups excluding carboxylic acids is 1. The first-order valence-electron chi connectivity index (χ1n) is 8.33. The fraction of sp³-hybridized carbons (Fsp3) is 0.350. The second kappa shape index (κ2) is 8.96. The molecule has 0 spiro atoms. The Bertz CT molecular complexity index is 669. The van der Waals surface area contributed by atoms with Gasteiger partial charge in [0.2, 0.25) is 0 Å². The minimum Gasteiger partial charge on any atom is -0.491 e. The van der Waals surface area contributed by atoms with Gasteiger partial charge in [-0.15, -0.1) is 0 Å². The summed E-state index contributed by atoms with van der Waals surface area (Å²) in [5.41, 5.74) is 4.70. The third-order valence-corrected chi connectivity index (χ3v) is 4.05. The second-order valence-electron chi connectivity index (χ2n) is 5.92. The molecule has 4 nitrogen and oxygen atoms in total. The van der Waals surface area contributed by atoms with E-state index in [0.717, 1.165) is 23.3 Å². The summed E-state index contributed by atoms with van der Waals surface area (Å²) in [6, 6.07) is 14.1. The Hall–Kier alpha value is -2.49. The van der Waals surface area contributed by atoms with Crippen molar-refractivity contribution in [2.24, 2.45) is 0 Å². The van der Waals surface area contributed by atoms with E-state index in [1.807, 2.05) is 25.1 Å². The van der Waals surface area contributed by atoms with Crippen LogP contribution in [0.15, 0.2) is 42.5 Å². The molecule has 0 atom stereocenters. The Kier molecular flexibility index (Phi) is 6.67. The van der Waals surface area contributed by atoms with E-state index >= 15 is 0 Å². The monoisotopic (exact) mass is 326 g/mol. The van der Waals surface area contributed by atoms with Crippen LogP contribution in [0.3, 0.4) is 0 Å². The van der Waals surface area contributed by atoms with Crippen molar-refractivity contribution in [1.82, 2.24) is 10.6 Å². The van der Waals surface area contributed by atoms with Crippen molar-refractivity contribution < 1.29 is 9.53 Å². The van der Waals surface area contributed by atoms with Gasteiger partial charge in [-0.05, 0) is 49.4 Å². The molecule has 0 aromatic heterocycles. The average Bonchev–Trinajstić information content (AvgIpc) is 2.58. The van der Waals surface area contributed by atoms with Crippen LogP contribution in [0.4, 0.5) is 4.79 Å². The van der Waals surface area contributed by atoms with Gasteiger partial charge >= 0.3 is 6.03 Å². The largest absolute Gasteiger partial charge is 0.491 e. The molecule has 0 aliphatic carbocycles. The molecule has 0 aliphatic heterocycles. The molecular formula is C20H26N2O2. The molecule has 2 aromatic carbocycles. The van der Waals surface area contributed by atoms with Crippen LogP contribution in [0, 0.1) is 20.8 Å². The maximum Gasteiger partial charge on any atom is 0.314 e. The zero-order valence-corrected chi connectivity index (χ0v) is 14.7. The average molecular weight is 326 g/mol. The van der Waals surface area contributed by atoms with Crippen molar-refractivity contribution in [3.05, 3.63) is 64.7 Å². The van der Waals surface area contributed by atoms with Crippen molar-refractivity contribution >= 4 is 6.03 Å². The summed E-state index contributed by atoms with van der Waals surface area (Å²) >= 11 is 0. The quantitative estimate of drug-likeness (QED) is 0.765. The highest BCUT2D eigenvalue weighted by Crippen LogP contribution is 2.25. The van der Waals surface area contributed by atoms with E-state index in [-0.39, 0.29) is 6.03 Å². The minimum atomic E-state index is -0.160. The van der Waals surface area contributed by atoms with Gasteiger partial charge in [-0.1, -0.05) is 42.5 Å². The predicted octanol–water partition coefficient (Wildman–Crippen LogP) is 3.53. The van der Waals surface area contributed by atoms with Crippen LogP contribution in [-0.4, -0.2) is 25.7 Å². The van der Waals surface area contributed by atoms with E-state index < -0.39 is 0 Å². The Morgan fingerprint density at radius 3 is 2.33 bits per heavy atom. The maximum atomic E-state index is 11.8. The number of aryl methyl sites for hydroxylation is 2. The fourth-order valence-corrected chi connectivity index (χ4v) is 2.49. The molecule has 0 aliphatic rings. The molecular weight excluding hydrogens is 300 g/mol. The SMILES string of the molecule is Cc1ccc(C)c(OCCNC(=O)NCCc2ccccc2)c1C. The molecule has 2 amide bonds. The molecule has 2 aromatic rings. The highest BCUT2D eigenvalue weighted by molar-refractivity contribution is 5.73. The Labute approximate surface area is 144 Å².